The molecule has 6 nitrogen and oxygen atoms in total. The first-order valence-electron chi connectivity index (χ1n) is 30.1. The largest absolute Gasteiger partial charge is 0.494 e. The van der Waals surface area contributed by atoms with E-state index in [-0.39, 0.29) is 88.6 Å². The molecule has 0 bridgehead atoms. The third kappa shape index (κ3) is 18.4. The molecule has 0 radical (unpaired) electrons. The Morgan fingerprint density at radius 3 is 1.26 bits per heavy atom. The van der Waals surface area contributed by atoms with Crippen molar-refractivity contribution in [3.63, 3.8) is 0 Å². The lowest BCUT2D eigenvalue weighted by Gasteiger charge is -2.46. The fourth-order valence-corrected chi connectivity index (χ4v) is 266. The van der Waals surface area contributed by atoms with Crippen molar-refractivity contribution in [2.45, 2.75) is 65.9 Å². The van der Waals surface area contributed by atoms with Crippen molar-refractivity contribution in [2.24, 2.45) is 0 Å². The third-order valence-electron chi connectivity index (χ3n) is 16.3. The number of rotatable bonds is 13. The highest BCUT2D eigenvalue weighted by Crippen LogP contribution is 3.31. The third-order valence-corrected chi connectivity index (χ3v) is 151. The van der Waals surface area contributed by atoms with Gasteiger partial charge in [0.2, 0.25) is 0 Å². The number of benzene rings is 10. The second-order valence-electron chi connectivity index (χ2n) is 23.2. The molecule has 0 spiro atoms. The maximum absolute atomic E-state index is 6.27. The van der Waals surface area contributed by atoms with Gasteiger partial charge in [-0.25, -0.2) is 0 Å². The van der Waals surface area contributed by atoms with E-state index in [1.165, 1.54) is 59.8 Å². The molecule has 3 aliphatic heterocycles. The SMILES string of the molecule is Brc1ccc2c(c1)Oc1ccccc1S2.C.CC1(C)OB(c2ccc3c(c2)c2ccccc2n3-c2ccccc2)OC1(C)C.PPP(P(P)P)P(P(P(P)P)P(P)P)P(P(P)P)P(P)P.c1ccc(-n2c3ccccc3c3cc(-c4ccc5c(c4)Oc4ccccc4S5)ccc32)cc1. The summed E-state index contributed by atoms with van der Waals surface area (Å²) < 4.78 is 30.3. The molecule has 2 aromatic heterocycles. The molecule has 3 aliphatic rings. The van der Waals surface area contributed by atoms with Crippen molar-refractivity contribution in [2.75, 3.05) is 0 Å². The van der Waals surface area contributed by atoms with E-state index < -0.39 is 0 Å². The Balaban J connectivity index is 0.000000137. The van der Waals surface area contributed by atoms with Crippen LogP contribution < -0.4 is 14.9 Å². The van der Waals surface area contributed by atoms with Gasteiger partial charge in [-0.1, -0.05) is 176 Å². The van der Waals surface area contributed by atoms with E-state index in [1.807, 2.05) is 48.5 Å². The van der Waals surface area contributed by atoms with Crippen LogP contribution in [0.4, 0.5) is 0 Å². The topological polar surface area (TPSA) is 46.8 Å². The molecular weight excluding hydrogens is 1700 g/mol. The molecule has 31 heteroatoms. The predicted octanol–water partition coefficient (Wildman–Crippen LogP) is 31.1. The van der Waals surface area contributed by atoms with E-state index in [1.54, 1.807) is 23.5 Å². The zero-order valence-corrected chi connectivity index (χ0v) is 78.1. The summed E-state index contributed by atoms with van der Waals surface area (Å²) in [4.78, 5) is 4.65. The van der Waals surface area contributed by atoms with Crippen molar-refractivity contribution < 1.29 is 18.8 Å². The van der Waals surface area contributed by atoms with E-state index in [9.17, 15) is 0 Å². The first-order valence-corrected chi connectivity index (χ1v) is 70.1. The van der Waals surface area contributed by atoms with Gasteiger partial charge in [-0.05, 0) is 216 Å². The van der Waals surface area contributed by atoms with Gasteiger partial charge in [-0.2, -0.15) is 0 Å². The second-order valence-corrected chi connectivity index (χ2v) is 107. The van der Waals surface area contributed by atoms with E-state index in [4.69, 9.17) is 18.8 Å². The average Bonchev–Trinajstić information content (AvgIpc) is 1.58. The highest BCUT2D eigenvalue weighted by Gasteiger charge is 2.52. The number of nitrogens with zero attached hydrogens (tertiary/aromatic N) is 2. The zero-order chi connectivity index (χ0) is 68.4. The quantitative estimate of drug-likeness (QED) is 0.0847. The van der Waals surface area contributed by atoms with Crippen LogP contribution in [-0.2, 0) is 9.31 Å². The van der Waals surface area contributed by atoms with Crippen molar-refractivity contribution >= 4 is 265 Å². The fraction of sp³-hybridized carbons (Fsp3) is 0.104. The van der Waals surface area contributed by atoms with Crippen LogP contribution in [0.25, 0.3) is 66.1 Å². The minimum absolute atomic E-state index is 0. The van der Waals surface area contributed by atoms with Crippen LogP contribution in [-0.4, -0.2) is 27.5 Å². The monoisotopic (exact) mass is 1780 g/mol. The minimum Gasteiger partial charge on any atom is -0.455 e. The molecule has 0 aliphatic carbocycles. The molecule has 5 heterocycles. The van der Waals surface area contributed by atoms with Crippen LogP contribution in [0, 0.1) is 0 Å². The highest BCUT2D eigenvalue weighted by molar-refractivity contribution is 9.37. The Morgan fingerprint density at radius 2 is 0.776 bits per heavy atom. The van der Waals surface area contributed by atoms with Crippen molar-refractivity contribution in [3.05, 3.63) is 235 Å². The summed E-state index contributed by atoms with van der Waals surface area (Å²) in [6.45, 7) is 9.16. The Morgan fingerprint density at radius 1 is 0.388 bits per heavy atom. The molecule has 15 rings (SSSR count). The summed E-state index contributed by atoms with van der Waals surface area (Å²) in [5.41, 5.74) is 9.88. The number of fused-ring (bicyclic) bond motifs is 10. The van der Waals surface area contributed by atoms with Crippen molar-refractivity contribution in [1.82, 2.24) is 9.13 Å². The minimum atomic E-state index is -0.353. The number of aromatic nitrogens is 2. The van der Waals surface area contributed by atoms with Gasteiger partial charge in [0.15, 0.2) is 0 Å². The molecule has 0 saturated carbocycles. The Bertz CT molecular complexity index is 4720. The lowest BCUT2D eigenvalue weighted by Crippen LogP contribution is -2.41. The summed E-state index contributed by atoms with van der Waals surface area (Å²) in [5, 5.41) is 4.97. The van der Waals surface area contributed by atoms with Gasteiger partial charge in [0, 0.05) is 37.4 Å². The lowest BCUT2D eigenvalue weighted by molar-refractivity contribution is 0.00578. The van der Waals surface area contributed by atoms with Crippen LogP contribution in [0.1, 0.15) is 35.1 Å². The van der Waals surface area contributed by atoms with Crippen molar-refractivity contribution in [1.29, 1.82) is 0 Å². The van der Waals surface area contributed by atoms with Gasteiger partial charge >= 0.3 is 7.12 Å². The lowest BCUT2D eigenvalue weighted by atomic mass is 9.78. The molecule has 506 valence electrons. The maximum atomic E-state index is 6.27. The van der Waals surface area contributed by atoms with E-state index in [2.05, 4.69) is 333 Å². The summed E-state index contributed by atoms with van der Waals surface area (Å²) in [7, 11) is 35.6. The number of ether oxygens (including phenoxy) is 2. The van der Waals surface area contributed by atoms with E-state index in [0.717, 1.165) is 66.8 Å². The highest BCUT2D eigenvalue weighted by atomic mass is 79.9. The smallest absolute Gasteiger partial charge is 0.455 e. The molecule has 0 N–H and O–H groups in total. The van der Waals surface area contributed by atoms with Gasteiger partial charge in [0.05, 0.1) is 52.9 Å². The first-order chi connectivity index (χ1) is 46.6. The molecule has 12 aromatic rings. The second kappa shape index (κ2) is 36.4. The van der Waals surface area contributed by atoms with Gasteiger partial charge < -0.3 is 27.9 Å². The zero-order valence-electron chi connectivity index (χ0n) is 53.1. The number of halogens is 1. The molecule has 0 amide bonds. The number of para-hydroxylation sites is 6. The Kier molecular flexibility index (Phi) is 29.9. The molecule has 1 fully saturated rings. The summed E-state index contributed by atoms with van der Waals surface area (Å²) in [5.74, 6) is 3.71. The standard InChI is InChI=1S/C30H19NOS.C24H24BNO2.C12H7BrOS.CH4.H23P21/c1-2-8-22(9-3-1)31-25-11-5-4-10-23(25)24-18-20(14-16-26(24)31)21-15-17-30-28(19-21)32-27-12-6-7-13-29(27)33-30;1-23(2)24(3,4)28-25(27-23)17-14-15-22-20(16-17)19-12-8-9-13-21(19)26(22)18-10-6-5-7-11-18;13-8-5-6-12-10(7-8)14-9-3-1-2-4-11(9)15-12;;1-12-18(13(2)3)21(19(14(4)5)15(6)7)20(16(8)9)17(10)11/h1-19H;5-16H,1-4H3;1-7H;1H4;12H,1-11H2. The van der Waals surface area contributed by atoms with Crippen LogP contribution >= 0.6 is 209 Å². The predicted molar refractivity (Wildman–Crippen MR) is 502 cm³/mol. The maximum Gasteiger partial charge on any atom is 0.494 e. The summed E-state index contributed by atoms with van der Waals surface area (Å²) >= 11 is 6.95. The summed E-state index contributed by atoms with van der Waals surface area (Å²) in [6, 6.07) is 80.5. The number of hydrogen-bond donors (Lipinski definition) is 0. The normalized spacial score (nSPS) is 14.6. The molecule has 13 atom stereocenters. The molecular formula is C67H77BBrN2O4P21S2. The van der Waals surface area contributed by atoms with Crippen LogP contribution in [0.5, 0.6) is 23.0 Å². The fourth-order valence-electron chi connectivity index (χ4n) is 11.2. The van der Waals surface area contributed by atoms with Crippen LogP contribution in [0.3, 0.4) is 0 Å². The van der Waals surface area contributed by atoms with Gasteiger partial charge in [0.1, 0.15) is 23.0 Å². The number of hydrogen-bond acceptors (Lipinski definition) is 6. The molecule has 1 saturated heterocycles. The first kappa shape index (κ1) is 80.6. The molecule has 13 unspecified atom stereocenters. The van der Waals surface area contributed by atoms with E-state index in [0.29, 0.717) is 0 Å². The van der Waals surface area contributed by atoms with Crippen LogP contribution in [0.15, 0.2) is 255 Å². The van der Waals surface area contributed by atoms with Gasteiger partial charge in [-0.3, -0.25) is 0 Å². The van der Waals surface area contributed by atoms with Gasteiger partial charge in [-0.15, -0.1) is 98.2 Å². The molecule has 10 aromatic carbocycles. The van der Waals surface area contributed by atoms with Crippen LogP contribution in [0.2, 0.25) is 0 Å². The van der Waals surface area contributed by atoms with Gasteiger partial charge in [0.25, 0.3) is 0 Å². The van der Waals surface area contributed by atoms with E-state index >= 15 is 0 Å². The van der Waals surface area contributed by atoms with Crippen molar-refractivity contribution in [3.8, 4) is 45.5 Å². The Labute approximate surface area is 632 Å². The Hall–Kier alpha value is 1.59. The molecule has 98 heavy (non-hydrogen) atoms. The average molecular weight is 1780 g/mol. The summed E-state index contributed by atoms with van der Waals surface area (Å²) in [6.07, 6.45) is 0.